The molecule has 0 saturated carbocycles. The number of methoxy groups -OCH3 is 1. The number of amides is 2. The molecule has 0 radical (unpaired) electrons. The number of ether oxygens (including phenoxy) is 2. The molecule has 0 aliphatic carbocycles. The van der Waals surface area contributed by atoms with Gasteiger partial charge in [0.15, 0.2) is 11.5 Å². The van der Waals surface area contributed by atoms with Crippen LogP contribution in [0.4, 0.5) is 0 Å². The van der Waals surface area contributed by atoms with Gasteiger partial charge in [0.05, 0.1) is 26.9 Å². The van der Waals surface area contributed by atoms with Gasteiger partial charge in [-0.3, -0.25) is 9.59 Å². The molecule has 0 unspecified atom stereocenters. The maximum Gasteiger partial charge on any atom is 0.251 e. The Kier molecular flexibility index (Phi) is 10.1. The lowest BCUT2D eigenvalue weighted by Gasteiger charge is -2.12. The van der Waals surface area contributed by atoms with Crippen LogP contribution in [0.5, 0.6) is 11.5 Å². The molecule has 0 aromatic heterocycles. The van der Waals surface area contributed by atoms with E-state index in [1.165, 1.54) is 18.3 Å². The molecule has 0 aliphatic rings. The molecule has 31 heavy (non-hydrogen) atoms. The fraction of sp³-hybridized carbons (Fsp3) is 0.190. The fourth-order valence-electron chi connectivity index (χ4n) is 2.36. The highest BCUT2D eigenvalue weighted by molar-refractivity contribution is 14.1. The van der Waals surface area contributed by atoms with E-state index in [0.717, 1.165) is 9.13 Å². The summed E-state index contributed by atoms with van der Waals surface area (Å²) in [5, 5.41) is 7.23. The molecule has 0 atom stereocenters. The van der Waals surface area contributed by atoms with Crippen molar-refractivity contribution in [2.24, 2.45) is 5.10 Å². The lowest BCUT2D eigenvalue weighted by molar-refractivity contribution is -0.120. The summed E-state index contributed by atoms with van der Waals surface area (Å²) in [6.07, 6.45) is 3.20. The van der Waals surface area contributed by atoms with Crippen molar-refractivity contribution in [3.05, 3.63) is 67.7 Å². The summed E-state index contributed by atoms with van der Waals surface area (Å²) >= 11 is 13.9. The largest absolute Gasteiger partial charge is 0.493 e. The van der Waals surface area contributed by atoms with Gasteiger partial charge in [-0.2, -0.15) is 5.10 Å². The molecule has 2 aromatic carbocycles. The first-order valence-corrected chi connectivity index (χ1v) is 10.9. The van der Waals surface area contributed by atoms with Gasteiger partial charge in [0.2, 0.25) is 5.91 Å². The SMILES string of the molecule is C=CCOc1c(I)cc(C=NNC(=O)CCNC(=O)c2ccc(Cl)c(Cl)c2)cc1OC. The van der Waals surface area contributed by atoms with Gasteiger partial charge >= 0.3 is 0 Å². The lowest BCUT2D eigenvalue weighted by Crippen LogP contribution is -2.29. The van der Waals surface area contributed by atoms with Crippen molar-refractivity contribution in [2.45, 2.75) is 6.42 Å². The molecule has 2 amide bonds. The van der Waals surface area contributed by atoms with E-state index in [1.54, 1.807) is 25.3 Å². The van der Waals surface area contributed by atoms with Crippen LogP contribution >= 0.6 is 45.8 Å². The van der Waals surface area contributed by atoms with Gasteiger partial charge in [-0.1, -0.05) is 35.9 Å². The second kappa shape index (κ2) is 12.5. The Labute approximate surface area is 203 Å². The van der Waals surface area contributed by atoms with Gasteiger partial charge in [-0.25, -0.2) is 5.43 Å². The summed E-state index contributed by atoms with van der Waals surface area (Å²) in [6.45, 7) is 4.12. The number of nitrogens with zero attached hydrogens (tertiary/aromatic N) is 1. The van der Waals surface area contributed by atoms with Crippen LogP contribution in [0, 0.1) is 3.57 Å². The zero-order valence-corrected chi connectivity index (χ0v) is 20.3. The minimum absolute atomic E-state index is 0.0551. The molecule has 2 aromatic rings. The zero-order valence-electron chi connectivity index (χ0n) is 16.6. The van der Waals surface area contributed by atoms with E-state index in [-0.39, 0.29) is 29.8 Å². The summed E-state index contributed by atoms with van der Waals surface area (Å²) in [5.41, 5.74) is 3.50. The van der Waals surface area contributed by atoms with Gasteiger partial charge in [0.25, 0.3) is 5.91 Å². The molecule has 164 valence electrons. The maximum atomic E-state index is 12.1. The third kappa shape index (κ3) is 7.71. The highest BCUT2D eigenvalue weighted by atomic mass is 127. The second-order valence-electron chi connectivity index (χ2n) is 6.06. The van der Waals surface area contributed by atoms with Crippen molar-refractivity contribution in [3.8, 4) is 11.5 Å². The molecule has 7 nitrogen and oxygen atoms in total. The Hall–Kier alpha value is -2.30. The van der Waals surface area contributed by atoms with Crippen molar-refractivity contribution >= 4 is 63.8 Å². The Balaban J connectivity index is 1.85. The summed E-state index contributed by atoms with van der Waals surface area (Å²) in [7, 11) is 1.54. The van der Waals surface area contributed by atoms with Crippen LogP contribution in [0.15, 0.2) is 48.1 Å². The number of carbonyl (C=O) groups is 2. The van der Waals surface area contributed by atoms with E-state index in [0.29, 0.717) is 28.7 Å². The molecule has 10 heteroatoms. The monoisotopic (exact) mass is 575 g/mol. The first-order chi connectivity index (χ1) is 14.8. The Bertz CT molecular complexity index is 999. The molecule has 0 heterocycles. The highest BCUT2D eigenvalue weighted by Crippen LogP contribution is 2.33. The van der Waals surface area contributed by atoms with Gasteiger partial charge < -0.3 is 14.8 Å². The zero-order chi connectivity index (χ0) is 22.8. The van der Waals surface area contributed by atoms with Crippen molar-refractivity contribution in [1.29, 1.82) is 0 Å². The minimum Gasteiger partial charge on any atom is -0.493 e. The molecule has 0 spiro atoms. The molecular formula is C21H20Cl2IN3O4. The minimum atomic E-state index is -0.352. The van der Waals surface area contributed by atoms with Gasteiger partial charge in [0, 0.05) is 18.5 Å². The lowest BCUT2D eigenvalue weighted by atomic mass is 10.2. The number of hydrogen-bond acceptors (Lipinski definition) is 5. The van der Waals surface area contributed by atoms with Crippen LogP contribution in [0.3, 0.4) is 0 Å². The van der Waals surface area contributed by atoms with Crippen LogP contribution in [-0.4, -0.2) is 38.3 Å². The predicted octanol–water partition coefficient (Wildman–Crippen LogP) is 4.44. The van der Waals surface area contributed by atoms with Crippen LogP contribution in [0.2, 0.25) is 10.0 Å². The van der Waals surface area contributed by atoms with E-state index in [4.69, 9.17) is 32.7 Å². The van der Waals surface area contributed by atoms with Gasteiger partial charge in [-0.05, 0) is 58.5 Å². The third-order valence-corrected chi connectivity index (χ3v) is 5.36. The van der Waals surface area contributed by atoms with E-state index in [9.17, 15) is 9.59 Å². The quantitative estimate of drug-likeness (QED) is 0.190. The molecule has 2 rings (SSSR count). The number of nitrogens with one attached hydrogen (secondary N) is 2. The van der Waals surface area contributed by atoms with Crippen molar-refractivity contribution < 1.29 is 19.1 Å². The van der Waals surface area contributed by atoms with Crippen molar-refractivity contribution in [2.75, 3.05) is 20.3 Å². The highest BCUT2D eigenvalue weighted by Gasteiger charge is 2.11. The van der Waals surface area contributed by atoms with Crippen molar-refractivity contribution in [3.63, 3.8) is 0 Å². The summed E-state index contributed by atoms with van der Waals surface area (Å²) in [5.74, 6) is 0.460. The molecule has 0 fully saturated rings. The van der Waals surface area contributed by atoms with E-state index >= 15 is 0 Å². The normalized spacial score (nSPS) is 10.6. The number of halogens is 3. The summed E-state index contributed by atoms with van der Waals surface area (Å²) in [4.78, 5) is 24.0. The van der Waals surface area contributed by atoms with Crippen LogP contribution in [0.1, 0.15) is 22.3 Å². The van der Waals surface area contributed by atoms with Crippen molar-refractivity contribution in [1.82, 2.24) is 10.7 Å². The van der Waals surface area contributed by atoms with E-state index < -0.39 is 0 Å². The first kappa shape index (κ1) is 25.0. The molecule has 0 aliphatic heterocycles. The smallest absolute Gasteiger partial charge is 0.251 e. The van der Waals surface area contributed by atoms with Crippen LogP contribution < -0.4 is 20.2 Å². The maximum absolute atomic E-state index is 12.1. The fourth-order valence-corrected chi connectivity index (χ4v) is 3.44. The second-order valence-corrected chi connectivity index (χ2v) is 8.04. The molecular weight excluding hydrogens is 556 g/mol. The van der Waals surface area contributed by atoms with Gasteiger partial charge in [-0.15, -0.1) is 0 Å². The molecule has 2 N–H and O–H groups in total. The summed E-state index contributed by atoms with van der Waals surface area (Å²) in [6, 6.07) is 8.14. The Morgan fingerprint density at radius 3 is 2.68 bits per heavy atom. The number of benzene rings is 2. The number of hydrogen-bond donors (Lipinski definition) is 2. The third-order valence-electron chi connectivity index (χ3n) is 3.82. The number of rotatable bonds is 10. The predicted molar refractivity (Wildman–Crippen MR) is 131 cm³/mol. The van der Waals surface area contributed by atoms with E-state index in [1.807, 2.05) is 6.07 Å². The van der Waals surface area contributed by atoms with Crippen LogP contribution in [0.25, 0.3) is 0 Å². The van der Waals surface area contributed by atoms with Crippen LogP contribution in [-0.2, 0) is 4.79 Å². The summed E-state index contributed by atoms with van der Waals surface area (Å²) < 4.78 is 11.8. The standard InChI is InChI=1S/C21H20Cl2IN3O4/c1-3-8-31-20-17(24)9-13(10-18(20)30-2)12-26-27-19(28)6-7-25-21(29)14-4-5-15(22)16(23)11-14/h3-5,9-12H,1,6-8H2,2H3,(H,25,29)(H,27,28). The number of carbonyl (C=O) groups excluding carboxylic acids is 2. The Morgan fingerprint density at radius 2 is 2.00 bits per heavy atom. The average molecular weight is 576 g/mol. The van der Waals surface area contributed by atoms with Gasteiger partial charge in [0.1, 0.15) is 6.61 Å². The molecule has 0 saturated heterocycles. The molecule has 0 bridgehead atoms. The average Bonchev–Trinajstić information content (AvgIpc) is 2.74. The van der Waals surface area contributed by atoms with E-state index in [2.05, 4.69) is 45.0 Å². The Morgan fingerprint density at radius 1 is 1.23 bits per heavy atom. The topological polar surface area (TPSA) is 89.0 Å². The number of hydrazone groups is 1. The first-order valence-electron chi connectivity index (χ1n) is 9.02.